The highest BCUT2D eigenvalue weighted by Crippen LogP contribution is 2.12. The van der Waals surface area contributed by atoms with Crippen molar-refractivity contribution in [1.29, 1.82) is 0 Å². The summed E-state index contributed by atoms with van der Waals surface area (Å²) in [5, 5.41) is 8.89. The number of rotatable bonds is 8. The lowest BCUT2D eigenvalue weighted by atomic mass is 10.0. The molecule has 0 aliphatic rings. The molecule has 0 bridgehead atoms. The topological polar surface area (TPSA) is 40.5 Å². The first-order chi connectivity index (χ1) is 8.67. The van der Waals surface area contributed by atoms with Crippen LogP contribution in [0.5, 0.6) is 0 Å². The van der Waals surface area contributed by atoms with Crippen molar-refractivity contribution in [2.75, 3.05) is 13.1 Å². The highest BCUT2D eigenvalue weighted by atomic mass is 16.4. The second-order valence-electron chi connectivity index (χ2n) is 4.11. The van der Waals surface area contributed by atoms with Crippen LogP contribution in [-0.4, -0.2) is 29.1 Å². The highest BCUT2D eigenvalue weighted by Gasteiger charge is 2.09. The maximum atomic E-state index is 10.8. The van der Waals surface area contributed by atoms with Gasteiger partial charge in [0, 0.05) is 19.6 Å². The van der Waals surface area contributed by atoms with Crippen LogP contribution in [0.3, 0.4) is 0 Å². The monoisotopic (exact) mass is 245 g/mol. The third kappa shape index (κ3) is 4.55. The molecule has 0 fully saturated rings. The van der Waals surface area contributed by atoms with Gasteiger partial charge in [0.2, 0.25) is 0 Å². The molecule has 96 valence electrons. The molecule has 0 saturated heterocycles. The zero-order chi connectivity index (χ0) is 13.4. The maximum Gasteiger partial charge on any atom is 0.307 e. The first kappa shape index (κ1) is 14.2. The molecule has 0 amide bonds. The molecule has 0 saturated carbocycles. The number of hydrogen-bond donors (Lipinski definition) is 1. The molecule has 18 heavy (non-hydrogen) atoms. The number of aliphatic carboxylic acids is 1. The van der Waals surface area contributed by atoms with Gasteiger partial charge in [-0.25, -0.2) is 0 Å². The van der Waals surface area contributed by atoms with Crippen LogP contribution in [0.15, 0.2) is 49.6 Å². The van der Waals surface area contributed by atoms with Crippen LogP contribution < -0.4 is 0 Å². The molecule has 1 rings (SSSR count). The summed E-state index contributed by atoms with van der Waals surface area (Å²) >= 11 is 0. The van der Waals surface area contributed by atoms with Gasteiger partial charge in [0.15, 0.2) is 0 Å². The van der Waals surface area contributed by atoms with E-state index in [-0.39, 0.29) is 6.42 Å². The molecule has 0 radical (unpaired) electrons. The van der Waals surface area contributed by atoms with Crippen molar-refractivity contribution in [2.45, 2.75) is 13.0 Å². The predicted molar refractivity (Wildman–Crippen MR) is 73.5 cm³/mol. The van der Waals surface area contributed by atoms with Gasteiger partial charge in [0.1, 0.15) is 0 Å². The lowest BCUT2D eigenvalue weighted by Crippen LogP contribution is -2.24. The quantitative estimate of drug-likeness (QED) is 0.715. The maximum absolute atomic E-state index is 10.8. The number of carboxylic acids is 1. The van der Waals surface area contributed by atoms with Crippen LogP contribution in [0, 0.1) is 0 Å². The second kappa shape index (κ2) is 7.45. The molecule has 3 nitrogen and oxygen atoms in total. The standard InChI is InChI=1S/C15H19NO2/c1-3-9-16(10-4-2)12-14-8-6-5-7-13(14)11-15(17)18/h3-8H,1-2,9-12H2,(H,17,18). The van der Waals surface area contributed by atoms with Crippen molar-refractivity contribution >= 4 is 5.97 Å². The van der Waals surface area contributed by atoms with Crippen molar-refractivity contribution < 1.29 is 9.90 Å². The Kier molecular flexibility index (Phi) is 5.88. The Morgan fingerprint density at radius 3 is 2.22 bits per heavy atom. The van der Waals surface area contributed by atoms with Crippen LogP contribution in [-0.2, 0) is 17.8 Å². The van der Waals surface area contributed by atoms with Gasteiger partial charge >= 0.3 is 5.97 Å². The predicted octanol–water partition coefficient (Wildman–Crippen LogP) is 2.49. The number of carboxylic acid groups (broad SMARTS) is 1. The van der Waals surface area contributed by atoms with E-state index in [1.807, 2.05) is 36.4 Å². The Bertz CT molecular complexity index is 416. The van der Waals surface area contributed by atoms with E-state index in [0.29, 0.717) is 6.54 Å². The Hall–Kier alpha value is -1.87. The normalized spacial score (nSPS) is 10.3. The third-order valence-electron chi connectivity index (χ3n) is 2.63. The van der Waals surface area contributed by atoms with Gasteiger partial charge < -0.3 is 5.11 Å². The Balaban J connectivity index is 2.83. The van der Waals surface area contributed by atoms with Crippen LogP contribution in [0.1, 0.15) is 11.1 Å². The molecule has 0 aliphatic heterocycles. The van der Waals surface area contributed by atoms with E-state index in [0.717, 1.165) is 24.2 Å². The van der Waals surface area contributed by atoms with Crippen molar-refractivity contribution in [3.63, 3.8) is 0 Å². The summed E-state index contributed by atoms with van der Waals surface area (Å²) in [5.74, 6) is -0.804. The summed E-state index contributed by atoms with van der Waals surface area (Å²) < 4.78 is 0. The van der Waals surface area contributed by atoms with E-state index in [9.17, 15) is 4.79 Å². The van der Waals surface area contributed by atoms with Crippen molar-refractivity contribution in [1.82, 2.24) is 4.90 Å². The van der Waals surface area contributed by atoms with Crippen LogP contribution in [0.4, 0.5) is 0 Å². The van der Waals surface area contributed by atoms with Gasteiger partial charge in [-0.15, -0.1) is 13.2 Å². The van der Waals surface area contributed by atoms with Gasteiger partial charge in [0.05, 0.1) is 6.42 Å². The van der Waals surface area contributed by atoms with Gasteiger partial charge in [-0.1, -0.05) is 36.4 Å². The molecular formula is C15H19NO2. The molecule has 1 aromatic rings. The Morgan fingerprint density at radius 2 is 1.72 bits per heavy atom. The average Bonchev–Trinajstić information content (AvgIpc) is 2.31. The van der Waals surface area contributed by atoms with E-state index in [1.165, 1.54) is 0 Å². The fourth-order valence-electron chi connectivity index (χ4n) is 1.86. The van der Waals surface area contributed by atoms with Gasteiger partial charge in [0.25, 0.3) is 0 Å². The number of benzene rings is 1. The molecule has 1 N–H and O–H groups in total. The number of hydrogen-bond acceptors (Lipinski definition) is 2. The number of nitrogens with zero attached hydrogens (tertiary/aromatic N) is 1. The summed E-state index contributed by atoms with van der Waals surface area (Å²) in [4.78, 5) is 13.0. The summed E-state index contributed by atoms with van der Waals surface area (Å²) in [6.45, 7) is 9.67. The van der Waals surface area contributed by atoms with Crippen LogP contribution >= 0.6 is 0 Å². The van der Waals surface area contributed by atoms with Gasteiger partial charge in [-0.3, -0.25) is 9.69 Å². The molecule has 0 spiro atoms. The highest BCUT2D eigenvalue weighted by molar-refractivity contribution is 5.70. The molecule has 0 aromatic heterocycles. The smallest absolute Gasteiger partial charge is 0.307 e. The van der Waals surface area contributed by atoms with Gasteiger partial charge in [-0.2, -0.15) is 0 Å². The minimum atomic E-state index is -0.804. The van der Waals surface area contributed by atoms with E-state index in [1.54, 1.807) is 0 Å². The Labute approximate surface area is 108 Å². The minimum Gasteiger partial charge on any atom is -0.481 e. The average molecular weight is 245 g/mol. The zero-order valence-corrected chi connectivity index (χ0v) is 10.5. The van der Waals surface area contributed by atoms with Crippen LogP contribution in [0.25, 0.3) is 0 Å². The van der Waals surface area contributed by atoms with Crippen molar-refractivity contribution in [3.05, 3.63) is 60.7 Å². The Morgan fingerprint density at radius 1 is 1.17 bits per heavy atom. The largest absolute Gasteiger partial charge is 0.481 e. The number of carbonyl (C=O) groups is 1. The van der Waals surface area contributed by atoms with Crippen molar-refractivity contribution in [2.24, 2.45) is 0 Å². The molecule has 0 atom stereocenters. The third-order valence-corrected chi connectivity index (χ3v) is 2.63. The zero-order valence-electron chi connectivity index (χ0n) is 10.5. The molecule has 3 heteroatoms. The van der Waals surface area contributed by atoms with Crippen molar-refractivity contribution in [3.8, 4) is 0 Å². The summed E-state index contributed by atoms with van der Waals surface area (Å²) in [6.07, 6.45) is 3.73. The fourth-order valence-corrected chi connectivity index (χ4v) is 1.86. The fraction of sp³-hybridized carbons (Fsp3) is 0.267. The lowest BCUT2D eigenvalue weighted by molar-refractivity contribution is -0.136. The SMILES string of the molecule is C=CCN(CC=C)Cc1ccccc1CC(=O)O. The molecule has 1 aromatic carbocycles. The van der Waals surface area contributed by atoms with E-state index < -0.39 is 5.97 Å². The minimum absolute atomic E-state index is 0.0617. The van der Waals surface area contributed by atoms with Crippen LogP contribution in [0.2, 0.25) is 0 Å². The molecule has 0 aliphatic carbocycles. The van der Waals surface area contributed by atoms with E-state index in [4.69, 9.17) is 5.11 Å². The molecular weight excluding hydrogens is 226 g/mol. The first-order valence-corrected chi connectivity index (χ1v) is 5.90. The van der Waals surface area contributed by atoms with Gasteiger partial charge in [-0.05, 0) is 11.1 Å². The summed E-state index contributed by atoms with van der Waals surface area (Å²) in [7, 11) is 0. The van der Waals surface area contributed by atoms with E-state index in [2.05, 4.69) is 18.1 Å². The molecule has 0 heterocycles. The van der Waals surface area contributed by atoms with E-state index >= 15 is 0 Å². The first-order valence-electron chi connectivity index (χ1n) is 5.90. The lowest BCUT2D eigenvalue weighted by Gasteiger charge is -2.20. The second-order valence-corrected chi connectivity index (χ2v) is 4.11. The molecule has 0 unspecified atom stereocenters. The summed E-state index contributed by atoms with van der Waals surface area (Å²) in [6, 6.07) is 7.63. The summed E-state index contributed by atoms with van der Waals surface area (Å²) in [5.41, 5.74) is 1.91.